The number of carbonyl (C=O) groups is 2. The molecule has 0 spiro atoms. The molecule has 20 heavy (non-hydrogen) atoms. The number of anilines is 1. The molecule has 1 saturated heterocycles. The summed E-state index contributed by atoms with van der Waals surface area (Å²) in [6, 6.07) is 6.73. The van der Waals surface area contributed by atoms with E-state index in [1.165, 1.54) is 0 Å². The molecule has 2 rings (SSSR count). The Bertz CT molecular complexity index is 504. The second-order valence-electron chi connectivity index (χ2n) is 4.69. The topological polar surface area (TPSA) is 84.7 Å². The largest absolute Gasteiger partial charge is 0.491 e. The van der Waals surface area contributed by atoms with E-state index in [2.05, 4.69) is 5.32 Å². The number of para-hydroxylation sites is 2. The Hall–Kier alpha value is -2.24. The Morgan fingerprint density at radius 3 is 3.00 bits per heavy atom. The Morgan fingerprint density at radius 1 is 1.50 bits per heavy atom. The van der Waals surface area contributed by atoms with Gasteiger partial charge in [0, 0.05) is 13.1 Å². The molecule has 6 nitrogen and oxygen atoms in total. The SMILES string of the molecule is CC1C(=O)NCCN1C(=O)CCOc1ccccc1N. The van der Waals surface area contributed by atoms with Gasteiger partial charge in [-0.3, -0.25) is 9.59 Å². The first kappa shape index (κ1) is 14.2. The summed E-state index contributed by atoms with van der Waals surface area (Å²) in [6.07, 6.45) is 0.228. The van der Waals surface area contributed by atoms with Crippen LogP contribution in [0.5, 0.6) is 5.75 Å². The quantitative estimate of drug-likeness (QED) is 0.779. The van der Waals surface area contributed by atoms with Crippen LogP contribution in [0.1, 0.15) is 13.3 Å². The third-order valence-electron chi connectivity index (χ3n) is 3.31. The third kappa shape index (κ3) is 3.20. The summed E-state index contributed by atoms with van der Waals surface area (Å²) in [6.45, 7) is 3.01. The average Bonchev–Trinajstić information content (AvgIpc) is 2.44. The van der Waals surface area contributed by atoms with Crippen molar-refractivity contribution in [3.05, 3.63) is 24.3 Å². The molecular formula is C14H19N3O3. The predicted molar refractivity (Wildman–Crippen MR) is 75.2 cm³/mol. The molecule has 1 heterocycles. The Balaban J connectivity index is 1.83. The van der Waals surface area contributed by atoms with Crippen molar-refractivity contribution in [3.8, 4) is 5.75 Å². The van der Waals surface area contributed by atoms with Crippen molar-refractivity contribution in [2.24, 2.45) is 0 Å². The summed E-state index contributed by atoms with van der Waals surface area (Å²) in [5.74, 6) is 0.379. The number of amides is 2. The second kappa shape index (κ2) is 6.27. The third-order valence-corrected chi connectivity index (χ3v) is 3.31. The molecule has 1 aromatic rings. The van der Waals surface area contributed by atoms with Gasteiger partial charge in [0.15, 0.2) is 0 Å². The number of carbonyl (C=O) groups excluding carboxylic acids is 2. The Labute approximate surface area is 117 Å². The number of rotatable bonds is 4. The number of ether oxygens (including phenoxy) is 1. The molecule has 0 radical (unpaired) electrons. The minimum atomic E-state index is -0.418. The van der Waals surface area contributed by atoms with Crippen LogP contribution in [0.2, 0.25) is 0 Å². The van der Waals surface area contributed by atoms with E-state index in [0.29, 0.717) is 24.5 Å². The van der Waals surface area contributed by atoms with Gasteiger partial charge in [0.1, 0.15) is 11.8 Å². The molecule has 1 atom stereocenters. The maximum Gasteiger partial charge on any atom is 0.242 e. The van der Waals surface area contributed by atoms with Crippen molar-refractivity contribution in [2.45, 2.75) is 19.4 Å². The first-order valence-electron chi connectivity index (χ1n) is 6.64. The van der Waals surface area contributed by atoms with Gasteiger partial charge >= 0.3 is 0 Å². The van der Waals surface area contributed by atoms with E-state index in [4.69, 9.17) is 10.5 Å². The van der Waals surface area contributed by atoms with Crippen LogP contribution in [0.4, 0.5) is 5.69 Å². The van der Waals surface area contributed by atoms with Gasteiger partial charge in [0.05, 0.1) is 18.7 Å². The molecule has 108 valence electrons. The van der Waals surface area contributed by atoms with E-state index in [1.807, 2.05) is 12.1 Å². The fourth-order valence-corrected chi connectivity index (χ4v) is 2.13. The monoisotopic (exact) mass is 277 g/mol. The van der Waals surface area contributed by atoms with Crippen molar-refractivity contribution in [2.75, 3.05) is 25.4 Å². The molecule has 1 fully saturated rings. The highest BCUT2D eigenvalue weighted by atomic mass is 16.5. The summed E-state index contributed by atoms with van der Waals surface area (Å²) in [7, 11) is 0. The highest BCUT2D eigenvalue weighted by Gasteiger charge is 2.28. The summed E-state index contributed by atoms with van der Waals surface area (Å²) < 4.78 is 5.49. The molecule has 0 bridgehead atoms. The van der Waals surface area contributed by atoms with Crippen LogP contribution in [0.3, 0.4) is 0 Å². The predicted octanol–water partition coefficient (Wildman–Crippen LogP) is 0.385. The van der Waals surface area contributed by atoms with E-state index in [0.717, 1.165) is 0 Å². The van der Waals surface area contributed by atoms with Gasteiger partial charge in [0.25, 0.3) is 0 Å². The van der Waals surface area contributed by atoms with Crippen LogP contribution in [0.25, 0.3) is 0 Å². The molecule has 6 heteroatoms. The zero-order chi connectivity index (χ0) is 14.5. The summed E-state index contributed by atoms with van der Waals surface area (Å²) in [5.41, 5.74) is 6.29. The van der Waals surface area contributed by atoms with Crippen molar-refractivity contribution >= 4 is 17.5 Å². The van der Waals surface area contributed by atoms with Crippen LogP contribution >= 0.6 is 0 Å². The van der Waals surface area contributed by atoms with Crippen LogP contribution in [0.15, 0.2) is 24.3 Å². The van der Waals surface area contributed by atoms with E-state index in [-0.39, 0.29) is 24.8 Å². The van der Waals surface area contributed by atoms with Crippen LogP contribution in [0, 0.1) is 0 Å². The van der Waals surface area contributed by atoms with Gasteiger partial charge in [-0.1, -0.05) is 12.1 Å². The van der Waals surface area contributed by atoms with Gasteiger partial charge in [-0.05, 0) is 19.1 Å². The van der Waals surface area contributed by atoms with E-state index < -0.39 is 6.04 Å². The normalized spacial score (nSPS) is 18.6. The lowest BCUT2D eigenvalue weighted by Gasteiger charge is -2.32. The lowest BCUT2D eigenvalue weighted by atomic mass is 10.2. The smallest absolute Gasteiger partial charge is 0.242 e. The van der Waals surface area contributed by atoms with Gasteiger partial charge in [-0.2, -0.15) is 0 Å². The lowest BCUT2D eigenvalue weighted by molar-refractivity contribution is -0.142. The van der Waals surface area contributed by atoms with Crippen molar-refractivity contribution < 1.29 is 14.3 Å². The Kier molecular flexibility index (Phi) is 4.45. The summed E-state index contributed by atoms with van der Waals surface area (Å²) in [4.78, 5) is 25.1. The molecule has 3 N–H and O–H groups in total. The number of nitrogens with one attached hydrogen (secondary N) is 1. The molecule has 1 aromatic carbocycles. The number of benzene rings is 1. The molecule has 0 aliphatic carbocycles. The van der Waals surface area contributed by atoms with Crippen molar-refractivity contribution in [1.29, 1.82) is 0 Å². The van der Waals surface area contributed by atoms with Gasteiger partial charge in [-0.25, -0.2) is 0 Å². The zero-order valence-corrected chi connectivity index (χ0v) is 11.5. The molecule has 1 aliphatic rings. The lowest BCUT2D eigenvalue weighted by Crippen LogP contribution is -2.56. The number of nitrogens with two attached hydrogens (primary N) is 1. The van der Waals surface area contributed by atoms with Gasteiger partial charge in [-0.15, -0.1) is 0 Å². The number of nitrogen functional groups attached to an aromatic ring is 1. The molecular weight excluding hydrogens is 258 g/mol. The molecule has 1 unspecified atom stereocenters. The van der Waals surface area contributed by atoms with Crippen LogP contribution in [-0.4, -0.2) is 42.5 Å². The number of piperazine rings is 1. The molecule has 0 saturated carbocycles. The van der Waals surface area contributed by atoms with E-state index in [9.17, 15) is 9.59 Å². The highest BCUT2D eigenvalue weighted by Crippen LogP contribution is 2.19. The zero-order valence-electron chi connectivity index (χ0n) is 11.5. The first-order valence-corrected chi connectivity index (χ1v) is 6.64. The fourth-order valence-electron chi connectivity index (χ4n) is 2.13. The second-order valence-corrected chi connectivity index (χ2v) is 4.69. The standard InChI is InChI=1S/C14H19N3O3/c1-10-14(19)16-7-8-17(10)13(18)6-9-20-12-5-3-2-4-11(12)15/h2-5,10H,6-9,15H2,1H3,(H,16,19). The number of hydrogen-bond acceptors (Lipinski definition) is 4. The maximum atomic E-state index is 12.1. The minimum absolute atomic E-state index is 0.0816. The van der Waals surface area contributed by atoms with Gasteiger partial charge < -0.3 is 20.7 Å². The number of nitrogens with zero attached hydrogens (tertiary/aromatic N) is 1. The maximum absolute atomic E-state index is 12.1. The Morgan fingerprint density at radius 2 is 2.25 bits per heavy atom. The summed E-state index contributed by atoms with van der Waals surface area (Å²) >= 11 is 0. The molecule has 2 amide bonds. The van der Waals surface area contributed by atoms with Crippen molar-refractivity contribution in [1.82, 2.24) is 10.2 Å². The fraction of sp³-hybridized carbons (Fsp3) is 0.429. The molecule has 0 aromatic heterocycles. The van der Waals surface area contributed by atoms with E-state index in [1.54, 1.807) is 24.0 Å². The number of hydrogen-bond donors (Lipinski definition) is 2. The molecule has 1 aliphatic heterocycles. The highest BCUT2D eigenvalue weighted by molar-refractivity contribution is 5.88. The van der Waals surface area contributed by atoms with Crippen LogP contribution in [-0.2, 0) is 9.59 Å². The van der Waals surface area contributed by atoms with Crippen molar-refractivity contribution in [3.63, 3.8) is 0 Å². The first-order chi connectivity index (χ1) is 9.59. The minimum Gasteiger partial charge on any atom is -0.491 e. The summed E-state index contributed by atoms with van der Waals surface area (Å²) in [5, 5.41) is 2.73. The van der Waals surface area contributed by atoms with E-state index >= 15 is 0 Å². The van der Waals surface area contributed by atoms with Crippen LogP contribution < -0.4 is 15.8 Å². The average molecular weight is 277 g/mol. The van der Waals surface area contributed by atoms with Gasteiger partial charge in [0.2, 0.25) is 11.8 Å².